The van der Waals surface area contributed by atoms with E-state index in [0.29, 0.717) is 12.3 Å². The smallest absolute Gasteiger partial charge is 0.222 e. The van der Waals surface area contributed by atoms with Crippen molar-refractivity contribution in [2.75, 3.05) is 13.1 Å². The number of carbonyl (C=O) groups excluding carboxylic acids is 1. The quantitative estimate of drug-likeness (QED) is 0.680. The Balaban J connectivity index is 1.33. The molecule has 1 N–H and O–H groups in total. The fourth-order valence-electron chi connectivity index (χ4n) is 3.84. The van der Waals surface area contributed by atoms with E-state index in [4.69, 9.17) is 11.6 Å². The maximum absolute atomic E-state index is 12.5. The van der Waals surface area contributed by atoms with E-state index < -0.39 is 0 Å². The van der Waals surface area contributed by atoms with Crippen LogP contribution in [0, 0.1) is 0 Å². The summed E-state index contributed by atoms with van der Waals surface area (Å²) >= 11 is 6.08. The van der Waals surface area contributed by atoms with E-state index in [2.05, 4.69) is 23.2 Å². The van der Waals surface area contributed by atoms with Gasteiger partial charge in [-0.2, -0.15) is 0 Å². The number of nitrogens with zero attached hydrogens (tertiary/aromatic N) is 1. The molecular weight excluding hydrogens is 344 g/mol. The Morgan fingerprint density at radius 2 is 1.85 bits per heavy atom. The summed E-state index contributed by atoms with van der Waals surface area (Å²) < 4.78 is 0. The van der Waals surface area contributed by atoms with E-state index in [1.165, 1.54) is 11.3 Å². The Bertz CT molecular complexity index is 895. The van der Waals surface area contributed by atoms with E-state index in [1.54, 1.807) is 0 Å². The lowest BCUT2D eigenvalue weighted by molar-refractivity contribution is -0.132. The zero-order valence-electron chi connectivity index (χ0n) is 14.7. The number of rotatable bonds is 4. The molecule has 3 aromatic rings. The first-order valence-corrected chi connectivity index (χ1v) is 9.67. The van der Waals surface area contributed by atoms with E-state index >= 15 is 0 Å². The first-order chi connectivity index (χ1) is 12.7. The average Bonchev–Trinajstić information content (AvgIpc) is 3.10. The Hall–Kier alpha value is -2.26. The van der Waals surface area contributed by atoms with Gasteiger partial charge in [-0.1, -0.05) is 41.9 Å². The number of aryl methyl sites for hydroxylation is 1. The van der Waals surface area contributed by atoms with Crippen molar-refractivity contribution >= 4 is 28.4 Å². The van der Waals surface area contributed by atoms with Gasteiger partial charge in [-0.3, -0.25) is 4.79 Å². The number of likely N-dealkylation sites (tertiary alicyclic amines) is 1. The van der Waals surface area contributed by atoms with E-state index in [0.717, 1.165) is 48.3 Å². The highest BCUT2D eigenvalue weighted by Gasteiger charge is 2.24. The lowest BCUT2D eigenvalue weighted by Crippen LogP contribution is -2.38. The van der Waals surface area contributed by atoms with E-state index in [9.17, 15) is 4.79 Å². The summed E-state index contributed by atoms with van der Waals surface area (Å²) in [6, 6.07) is 18.4. The Kier molecular flexibility index (Phi) is 4.98. The summed E-state index contributed by atoms with van der Waals surface area (Å²) in [5.74, 6) is 0.759. The number of hydrogen-bond donors (Lipinski definition) is 1. The molecule has 1 fully saturated rings. The largest absolute Gasteiger partial charge is 0.358 e. The molecule has 2 aromatic carbocycles. The fraction of sp³-hybridized carbons (Fsp3) is 0.318. The van der Waals surface area contributed by atoms with Crippen molar-refractivity contribution in [1.82, 2.24) is 9.88 Å². The van der Waals surface area contributed by atoms with Crippen LogP contribution >= 0.6 is 11.6 Å². The number of carbonyl (C=O) groups is 1. The summed E-state index contributed by atoms with van der Waals surface area (Å²) in [6.07, 6.45) is 3.44. The van der Waals surface area contributed by atoms with Gasteiger partial charge in [-0.25, -0.2) is 0 Å². The van der Waals surface area contributed by atoms with Crippen LogP contribution in [-0.2, 0) is 11.2 Å². The molecule has 26 heavy (non-hydrogen) atoms. The van der Waals surface area contributed by atoms with Gasteiger partial charge in [0, 0.05) is 47.0 Å². The normalized spacial score (nSPS) is 15.5. The number of hydrogen-bond acceptors (Lipinski definition) is 1. The van der Waals surface area contributed by atoms with Gasteiger partial charge in [0.15, 0.2) is 0 Å². The molecule has 0 aliphatic carbocycles. The number of benzene rings is 2. The van der Waals surface area contributed by atoms with Crippen LogP contribution < -0.4 is 0 Å². The zero-order chi connectivity index (χ0) is 17.9. The summed E-state index contributed by atoms with van der Waals surface area (Å²) in [5.41, 5.74) is 3.62. The van der Waals surface area contributed by atoms with Crippen LogP contribution in [0.15, 0.2) is 54.6 Å². The van der Waals surface area contributed by atoms with Crippen molar-refractivity contribution in [3.8, 4) is 0 Å². The molecule has 0 atom stereocenters. The monoisotopic (exact) mass is 366 g/mol. The summed E-state index contributed by atoms with van der Waals surface area (Å²) in [5, 5.41) is 1.93. The molecule has 134 valence electrons. The second-order valence-electron chi connectivity index (χ2n) is 7.10. The van der Waals surface area contributed by atoms with Crippen LogP contribution in [0.25, 0.3) is 10.9 Å². The van der Waals surface area contributed by atoms with Crippen molar-refractivity contribution < 1.29 is 4.79 Å². The van der Waals surface area contributed by atoms with Crippen molar-refractivity contribution in [2.24, 2.45) is 0 Å². The topological polar surface area (TPSA) is 36.1 Å². The Labute approximate surface area is 159 Å². The molecular formula is C22H23ClN2O. The molecule has 1 amide bonds. The number of amides is 1. The number of piperidine rings is 1. The maximum atomic E-state index is 12.5. The minimum absolute atomic E-state index is 0.274. The number of aromatic amines is 1. The van der Waals surface area contributed by atoms with Crippen LogP contribution in [-0.4, -0.2) is 28.9 Å². The summed E-state index contributed by atoms with van der Waals surface area (Å²) in [6.45, 7) is 1.68. The molecule has 4 rings (SSSR count). The standard InChI is InChI=1S/C22H23ClN2O/c23-19-7-8-20-18(14-19)15-21(24-20)17-10-12-25(13-11-17)22(26)9-6-16-4-2-1-3-5-16/h1-5,7-8,14-15,17,24H,6,9-13H2. The molecule has 1 aliphatic heterocycles. The highest BCUT2D eigenvalue weighted by molar-refractivity contribution is 6.31. The highest BCUT2D eigenvalue weighted by atomic mass is 35.5. The van der Waals surface area contributed by atoms with Crippen LogP contribution in [0.4, 0.5) is 0 Å². The van der Waals surface area contributed by atoms with E-state index in [-0.39, 0.29) is 5.91 Å². The summed E-state index contributed by atoms with van der Waals surface area (Å²) in [7, 11) is 0. The number of aromatic nitrogens is 1. The molecule has 1 aliphatic rings. The molecule has 1 saturated heterocycles. The summed E-state index contributed by atoms with van der Waals surface area (Å²) in [4.78, 5) is 18.0. The van der Waals surface area contributed by atoms with Crippen molar-refractivity contribution in [3.63, 3.8) is 0 Å². The Morgan fingerprint density at radius 3 is 2.62 bits per heavy atom. The second kappa shape index (κ2) is 7.55. The van der Waals surface area contributed by atoms with E-state index in [1.807, 2.05) is 41.3 Å². The van der Waals surface area contributed by atoms with Crippen LogP contribution in [0.3, 0.4) is 0 Å². The van der Waals surface area contributed by atoms with Gasteiger partial charge < -0.3 is 9.88 Å². The fourth-order valence-corrected chi connectivity index (χ4v) is 4.02. The zero-order valence-corrected chi connectivity index (χ0v) is 15.5. The predicted octanol–water partition coefficient (Wildman–Crippen LogP) is 5.16. The minimum Gasteiger partial charge on any atom is -0.358 e. The number of halogens is 1. The van der Waals surface area contributed by atoms with Gasteiger partial charge in [-0.15, -0.1) is 0 Å². The molecule has 0 bridgehead atoms. The number of fused-ring (bicyclic) bond motifs is 1. The first-order valence-electron chi connectivity index (χ1n) is 9.29. The van der Waals surface area contributed by atoms with Gasteiger partial charge >= 0.3 is 0 Å². The Morgan fingerprint density at radius 1 is 1.08 bits per heavy atom. The molecule has 1 aromatic heterocycles. The molecule has 0 unspecified atom stereocenters. The average molecular weight is 367 g/mol. The molecule has 2 heterocycles. The van der Waals surface area contributed by atoms with Crippen molar-refractivity contribution in [2.45, 2.75) is 31.6 Å². The third-order valence-electron chi connectivity index (χ3n) is 5.36. The van der Waals surface area contributed by atoms with Gasteiger partial charge in [0.1, 0.15) is 0 Å². The second-order valence-corrected chi connectivity index (χ2v) is 7.53. The van der Waals surface area contributed by atoms with Gasteiger partial charge in [0.25, 0.3) is 0 Å². The molecule has 0 saturated carbocycles. The molecule has 4 heteroatoms. The third kappa shape index (κ3) is 3.78. The SMILES string of the molecule is O=C(CCc1ccccc1)N1CCC(c2cc3cc(Cl)ccc3[nH]2)CC1. The first kappa shape index (κ1) is 17.2. The molecule has 0 radical (unpaired) electrons. The minimum atomic E-state index is 0.274. The van der Waals surface area contributed by atoms with Gasteiger partial charge in [0.2, 0.25) is 5.91 Å². The lowest BCUT2D eigenvalue weighted by atomic mass is 9.93. The number of H-pyrrole nitrogens is 1. The molecule has 0 spiro atoms. The maximum Gasteiger partial charge on any atom is 0.222 e. The number of nitrogens with one attached hydrogen (secondary N) is 1. The van der Waals surface area contributed by atoms with Crippen LogP contribution in [0.1, 0.15) is 36.4 Å². The van der Waals surface area contributed by atoms with Crippen LogP contribution in [0.5, 0.6) is 0 Å². The predicted molar refractivity (Wildman–Crippen MR) is 107 cm³/mol. The molecule has 3 nitrogen and oxygen atoms in total. The lowest BCUT2D eigenvalue weighted by Gasteiger charge is -2.31. The van der Waals surface area contributed by atoms with Crippen molar-refractivity contribution in [3.05, 3.63) is 70.9 Å². The van der Waals surface area contributed by atoms with Gasteiger partial charge in [0.05, 0.1) is 0 Å². The van der Waals surface area contributed by atoms with Gasteiger partial charge in [-0.05, 0) is 49.1 Å². The third-order valence-corrected chi connectivity index (χ3v) is 5.60. The highest BCUT2D eigenvalue weighted by Crippen LogP contribution is 2.31. The van der Waals surface area contributed by atoms with Crippen molar-refractivity contribution in [1.29, 1.82) is 0 Å². The van der Waals surface area contributed by atoms with Crippen LogP contribution in [0.2, 0.25) is 5.02 Å².